The largest absolute Gasteiger partial charge is 0.352 e. The first-order valence-electron chi connectivity index (χ1n) is 8.01. The van der Waals surface area contributed by atoms with E-state index in [1.54, 1.807) is 0 Å². The molecular formula is C17H23ClN2O. The molecule has 3 nitrogen and oxygen atoms in total. The first-order chi connectivity index (χ1) is 10.2. The summed E-state index contributed by atoms with van der Waals surface area (Å²) in [6.45, 7) is 1.52. The van der Waals surface area contributed by atoms with E-state index in [-0.39, 0.29) is 5.91 Å². The van der Waals surface area contributed by atoms with Crippen LogP contribution >= 0.6 is 11.6 Å². The van der Waals surface area contributed by atoms with Gasteiger partial charge in [-0.2, -0.15) is 0 Å². The maximum absolute atomic E-state index is 12.2. The van der Waals surface area contributed by atoms with Crippen LogP contribution in [0.3, 0.4) is 0 Å². The van der Waals surface area contributed by atoms with Crippen molar-refractivity contribution in [1.29, 1.82) is 0 Å². The van der Waals surface area contributed by atoms with E-state index in [0.29, 0.717) is 18.6 Å². The molecule has 0 aromatic heterocycles. The van der Waals surface area contributed by atoms with Gasteiger partial charge >= 0.3 is 0 Å². The maximum Gasteiger partial charge on any atom is 0.234 e. The van der Waals surface area contributed by atoms with E-state index in [1.165, 1.54) is 18.4 Å². The maximum atomic E-state index is 12.2. The summed E-state index contributed by atoms with van der Waals surface area (Å²) in [7, 11) is 0. The Morgan fingerprint density at radius 1 is 1.14 bits per heavy atom. The molecule has 1 atom stereocenters. The average Bonchev–Trinajstić information content (AvgIpc) is 3.11. The topological polar surface area (TPSA) is 32.3 Å². The van der Waals surface area contributed by atoms with Crippen LogP contribution in [0.4, 0.5) is 0 Å². The number of nitrogens with zero attached hydrogens (tertiary/aromatic N) is 1. The van der Waals surface area contributed by atoms with Crippen molar-refractivity contribution in [2.75, 3.05) is 13.1 Å². The monoisotopic (exact) mass is 306 g/mol. The van der Waals surface area contributed by atoms with Crippen LogP contribution in [0, 0.1) is 0 Å². The zero-order valence-corrected chi connectivity index (χ0v) is 13.1. The fourth-order valence-corrected chi connectivity index (χ4v) is 3.73. The molecule has 1 aromatic carbocycles. The first-order valence-corrected chi connectivity index (χ1v) is 8.39. The molecule has 4 heteroatoms. The molecule has 1 amide bonds. The second-order valence-electron chi connectivity index (χ2n) is 6.23. The summed E-state index contributed by atoms with van der Waals surface area (Å²) in [4.78, 5) is 14.5. The van der Waals surface area contributed by atoms with Gasteiger partial charge in [0, 0.05) is 17.1 Å². The third-order valence-electron chi connectivity index (χ3n) is 4.69. The number of halogens is 1. The van der Waals surface area contributed by atoms with Gasteiger partial charge in [-0.3, -0.25) is 9.69 Å². The Kier molecular flexibility index (Phi) is 4.81. The van der Waals surface area contributed by atoms with E-state index in [2.05, 4.69) is 22.3 Å². The molecule has 1 N–H and O–H groups in total. The molecule has 2 fully saturated rings. The predicted octanol–water partition coefficient (Wildman–Crippen LogP) is 3.54. The van der Waals surface area contributed by atoms with Crippen molar-refractivity contribution in [2.45, 2.75) is 50.6 Å². The third-order valence-corrected chi connectivity index (χ3v) is 4.94. The van der Waals surface area contributed by atoms with Crippen LogP contribution in [0.25, 0.3) is 0 Å². The Morgan fingerprint density at radius 2 is 1.86 bits per heavy atom. The van der Waals surface area contributed by atoms with Crippen molar-refractivity contribution in [1.82, 2.24) is 10.2 Å². The molecule has 0 radical (unpaired) electrons. The molecule has 1 heterocycles. The summed E-state index contributed by atoms with van der Waals surface area (Å²) in [6, 6.07) is 8.81. The van der Waals surface area contributed by atoms with E-state index in [9.17, 15) is 4.79 Å². The molecule has 1 saturated carbocycles. The molecule has 1 saturated heterocycles. The van der Waals surface area contributed by atoms with Gasteiger partial charge in [0.05, 0.1) is 6.54 Å². The lowest BCUT2D eigenvalue weighted by molar-refractivity contribution is -0.123. The molecule has 0 bridgehead atoms. The Labute approximate surface area is 131 Å². The van der Waals surface area contributed by atoms with Gasteiger partial charge in [0.25, 0.3) is 0 Å². The van der Waals surface area contributed by atoms with Crippen molar-refractivity contribution in [3.8, 4) is 0 Å². The van der Waals surface area contributed by atoms with Crippen LogP contribution in [0.2, 0.25) is 5.02 Å². The van der Waals surface area contributed by atoms with Crippen LogP contribution in [-0.4, -0.2) is 29.9 Å². The highest BCUT2D eigenvalue weighted by Gasteiger charge is 2.28. The molecule has 1 aromatic rings. The van der Waals surface area contributed by atoms with Gasteiger partial charge in [-0.15, -0.1) is 0 Å². The normalized spacial score (nSPS) is 23.6. The second kappa shape index (κ2) is 6.80. The summed E-state index contributed by atoms with van der Waals surface area (Å²) >= 11 is 5.96. The summed E-state index contributed by atoms with van der Waals surface area (Å²) < 4.78 is 0. The highest BCUT2D eigenvalue weighted by Crippen LogP contribution is 2.32. The lowest BCUT2D eigenvalue weighted by Crippen LogP contribution is -2.40. The number of hydrogen-bond donors (Lipinski definition) is 1. The molecule has 1 aliphatic heterocycles. The number of likely N-dealkylation sites (tertiary alicyclic amines) is 1. The molecule has 2 aliphatic rings. The SMILES string of the molecule is O=C(CN1CCC[C@H]1c1ccc(Cl)cc1)NC1CCCC1. The Hall–Kier alpha value is -1.06. The van der Waals surface area contributed by atoms with Crippen molar-refractivity contribution in [3.05, 3.63) is 34.9 Å². The summed E-state index contributed by atoms with van der Waals surface area (Å²) in [5, 5.41) is 3.95. The minimum Gasteiger partial charge on any atom is -0.352 e. The number of benzene rings is 1. The molecule has 3 rings (SSSR count). The van der Waals surface area contributed by atoms with Gasteiger partial charge in [0.15, 0.2) is 0 Å². The van der Waals surface area contributed by atoms with Gasteiger partial charge < -0.3 is 5.32 Å². The van der Waals surface area contributed by atoms with Crippen LogP contribution in [-0.2, 0) is 4.79 Å². The number of rotatable bonds is 4. The molecule has 114 valence electrons. The molecule has 21 heavy (non-hydrogen) atoms. The van der Waals surface area contributed by atoms with Crippen molar-refractivity contribution < 1.29 is 4.79 Å². The van der Waals surface area contributed by atoms with Gasteiger partial charge in [0.1, 0.15) is 0 Å². The van der Waals surface area contributed by atoms with Gasteiger partial charge in [-0.25, -0.2) is 0 Å². The minimum atomic E-state index is 0.183. The fourth-order valence-electron chi connectivity index (χ4n) is 3.61. The smallest absolute Gasteiger partial charge is 0.234 e. The number of amides is 1. The summed E-state index contributed by atoms with van der Waals surface area (Å²) in [5.74, 6) is 0.183. The quantitative estimate of drug-likeness (QED) is 0.923. The van der Waals surface area contributed by atoms with E-state index < -0.39 is 0 Å². The van der Waals surface area contributed by atoms with Crippen LogP contribution < -0.4 is 5.32 Å². The summed E-state index contributed by atoms with van der Waals surface area (Å²) in [5.41, 5.74) is 1.27. The highest BCUT2D eigenvalue weighted by atomic mass is 35.5. The molecule has 0 spiro atoms. The van der Waals surface area contributed by atoms with Gasteiger partial charge in [-0.1, -0.05) is 36.6 Å². The predicted molar refractivity (Wildman–Crippen MR) is 85.4 cm³/mol. The second-order valence-corrected chi connectivity index (χ2v) is 6.67. The van der Waals surface area contributed by atoms with Gasteiger partial charge in [-0.05, 0) is 49.9 Å². The lowest BCUT2D eigenvalue weighted by atomic mass is 10.0. The van der Waals surface area contributed by atoms with Crippen LogP contribution in [0.5, 0.6) is 0 Å². The van der Waals surface area contributed by atoms with E-state index in [4.69, 9.17) is 11.6 Å². The molecular weight excluding hydrogens is 284 g/mol. The van der Waals surface area contributed by atoms with Crippen molar-refractivity contribution >= 4 is 17.5 Å². The lowest BCUT2D eigenvalue weighted by Gasteiger charge is -2.25. The number of hydrogen-bond acceptors (Lipinski definition) is 2. The zero-order chi connectivity index (χ0) is 14.7. The van der Waals surface area contributed by atoms with Crippen molar-refractivity contribution in [3.63, 3.8) is 0 Å². The zero-order valence-electron chi connectivity index (χ0n) is 12.4. The number of carbonyl (C=O) groups excluding carboxylic acids is 1. The average molecular weight is 307 g/mol. The Morgan fingerprint density at radius 3 is 2.57 bits per heavy atom. The highest BCUT2D eigenvalue weighted by molar-refractivity contribution is 6.30. The third kappa shape index (κ3) is 3.78. The molecule has 1 aliphatic carbocycles. The fraction of sp³-hybridized carbons (Fsp3) is 0.588. The minimum absolute atomic E-state index is 0.183. The standard InChI is InChI=1S/C17H23ClN2O/c18-14-9-7-13(8-10-14)16-6-3-11-20(16)12-17(21)19-15-4-1-2-5-15/h7-10,15-16H,1-6,11-12H2,(H,19,21)/t16-/m0/s1. The summed E-state index contributed by atoms with van der Waals surface area (Å²) in [6.07, 6.45) is 7.07. The van der Waals surface area contributed by atoms with Gasteiger partial charge in [0.2, 0.25) is 5.91 Å². The Bertz CT molecular complexity index is 482. The first kappa shape index (κ1) is 14.9. The number of nitrogens with one attached hydrogen (secondary N) is 1. The Balaban J connectivity index is 1.58. The molecule has 0 unspecified atom stereocenters. The van der Waals surface area contributed by atoms with E-state index >= 15 is 0 Å². The van der Waals surface area contributed by atoms with Crippen LogP contribution in [0.15, 0.2) is 24.3 Å². The number of carbonyl (C=O) groups is 1. The van der Waals surface area contributed by atoms with Crippen LogP contribution in [0.1, 0.15) is 50.1 Å². The van der Waals surface area contributed by atoms with E-state index in [0.717, 1.165) is 37.3 Å². The van der Waals surface area contributed by atoms with E-state index in [1.807, 2.05) is 12.1 Å². The van der Waals surface area contributed by atoms with Crippen molar-refractivity contribution in [2.24, 2.45) is 0 Å².